The van der Waals surface area contributed by atoms with Gasteiger partial charge in [-0.1, -0.05) is 48.0 Å². The number of rotatable bonds is 4. The van der Waals surface area contributed by atoms with Crippen molar-refractivity contribution in [3.63, 3.8) is 0 Å². The summed E-state index contributed by atoms with van der Waals surface area (Å²) in [7, 11) is 0. The fourth-order valence-corrected chi connectivity index (χ4v) is 4.20. The smallest absolute Gasteiger partial charge is 0.165 e. The average molecular weight is 439 g/mol. The number of furan rings is 1. The highest BCUT2D eigenvalue weighted by Gasteiger charge is 2.20. The molecular formula is C26H19ClN4O. The number of fused-ring (bicyclic) bond motifs is 3. The molecule has 3 heterocycles. The maximum absolute atomic E-state index is 9.44. The number of benzene rings is 2. The molecule has 0 radical (unpaired) electrons. The number of aromatic nitrogens is 2. The van der Waals surface area contributed by atoms with Gasteiger partial charge in [-0.2, -0.15) is 5.26 Å². The lowest BCUT2D eigenvalue weighted by atomic mass is 10.0. The molecule has 0 aliphatic rings. The largest absolute Gasteiger partial charge is 0.453 e. The second-order valence-electron chi connectivity index (χ2n) is 7.74. The van der Waals surface area contributed by atoms with E-state index in [-0.39, 0.29) is 16.9 Å². The lowest BCUT2D eigenvalue weighted by Crippen LogP contribution is -2.09. The normalized spacial score (nSPS) is 12.1. The summed E-state index contributed by atoms with van der Waals surface area (Å²) in [5.74, 6) is 0. The van der Waals surface area contributed by atoms with E-state index in [9.17, 15) is 5.26 Å². The van der Waals surface area contributed by atoms with Crippen molar-refractivity contribution in [2.24, 2.45) is 0 Å². The average Bonchev–Trinajstić information content (AvgIpc) is 3.18. The van der Waals surface area contributed by atoms with Crippen LogP contribution in [0.4, 0.5) is 5.69 Å². The zero-order valence-corrected chi connectivity index (χ0v) is 18.3. The molecular weight excluding hydrogens is 420 g/mol. The molecule has 0 aliphatic carbocycles. The standard InChI is InChI=1S/C26H19ClN4O/c1-15-12-19(16(2)30-21-8-9-23(27)31-22(21)14-28)25-20(13-15)24-26(32-25)18(10-11-29-24)17-6-4-3-5-7-17/h3-13,16,30H,1-2H3/t16-/m1/s1. The summed E-state index contributed by atoms with van der Waals surface area (Å²) in [5.41, 5.74) is 7.43. The Balaban J connectivity index is 1.67. The van der Waals surface area contributed by atoms with Gasteiger partial charge in [-0.25, -0.2) is 4.98 Å². The van der Waals surface area contributed by atoms with Gasteiger partial charge in [0.1, 0.15) is 22.3 Å². The minimum atomic E-state index is -0.145. The molecule has 6 heteroatoms. The third-order valence-electron chi connectivity index (χ3n) is 5.52. The van der Waals surface area contributed by atoms with Crippen LogP contribution in [0.3, 0.4) is 0 Å². The minimum Gasteiger partial charge on any atom is -0.453 e. The van der Waals surface area contributed by atoms with E-state index in [1.165, 1.54) is 0 Å². The van der Waals surface area contributed by atoms with Gasteiger partial charge in [-0.15, -0.1) is 0 Å². The quantitative estimate of drug-likeness (QED) is 0.304. The Bertz CT molecular complexity index is 1500. The first-order valence-corrected chi connectivity index (χ1v) is 10.6. The number of nitrogens with one attached hydrogen (secondary N) is 1. The van der Waals surface area contributed by atoms with E-state index in [0.717, 1.165) is 44.3 Å². The van der Waals surface area contributed by atoms with Crippen LogP contribution >= 0.6 is 11.6 Å². The van der Waals surface area contributed by atoms with Crippen LogP contribution in [0.2, 0.25) is 5.15 Å². The fourth-order valence-electron chi connectivity index (χ4n) is 4.05. The maximum atomic E-state index is 9.44. The topological polar surface area (TPSA) is 74.7 Å². The van der Waals surface area contributed by atoms with E-state index in [0.29, 0.717) is 5.69 Å². The SMILES string of the molecule is Cc1cc([C@@H](C)Nc2ccc(Cl)nc2C#N)c2oc3c(-c4ccccc4)ccnc3c2c1. The summed E-state index contributed by atoms with van der Waals surface area (Å²) in [6.45, 7) is 4.09. The van der Waals surface area contributed by atoms with Crippen molar-refractivity contribution in [2.75, 3.05) is 5.32 Å². The molecule has 0 bridgehead atoms. The molecule has 0 fully saturated rings. The maximum Gasteiger partial charge on any atom is 0.165 e. The van der Waals surface area contributed by atoms with Gasteiger partial charge in [0.25, 0.3) is 0 Å². The van der Waals surface area contributed by atoms with Gasteiger partial charge in [0.2, 0.25) is 0 Å². The molecule has 0 spiro atoms. The van der Waals surface area contributed by atoms with E-state index in [1.54, 1.807) is 12.1 Å². The lowest BCUT2D eigenvalue weighted by molar-refractivity contribution is 0.658. The first-order chi connectivity index (χ1) is 15.5. The van der Waals surface area contributed by atoms with E-state index < -0.39 is 0 Å². The second kappa shape index (κ2) is 7.99. The summed E-state index contributed by atoms with van der Waals surface area (Å²) in [6.07, 6.45) is 1.82. The Kier molecular flexibility index (Phi) is 5.01. The van der Waals surface area contributed by atoms with Crippen LogP contribution in [0.5, 0.6) is 0 Å². The number of hydrogen-bond acceptors (Lipinski definition) is 5. The van der Waals surface area contributed by atoms with Gasteiger partial charge in [0.05, 0.1) is 11.7 Å². The summed E-state index contributed by atoms with van der Waals surface area (Å²) in [4.78, 5) is 8.74. The monoisotopic (exact) mass is 438 g/mol. The summed E-state index contributed by atoms with van der Waals surface area (Å²) < 4.78 is 6.45. The lowest BCUT2D eigenvalue weighted by Gasteiger charge is -2.17. The summed E-state index contributed by atoms with van der Waals surface area (Å²) in [5, 5.41) is 14.1. The van der Waals surface area contributed by atoms with Crippen LogP contribution in [0.1, 0.15) is 29.8 Å². The van der Waals surface area contributed by atoms with Crippen LogP contribution in [-0.2, 0) is 0 Å². The van der Waals surface area contributed by atoms with Crippen LogP contribution in [0, 0.1) is 18.3 Å². The molecule has 5 rings (SSSR count). The highest BCUT2D eigenvalue weighted by atomic mass is 35.5. The number of halogens is 1. The fraction of sp³-hybridized carbons (Fsp3) is 0.115. The van der Waals surface area contributed by atoms with Crippen LogP contribution < -0.4 is 5.32 Å². The van der Waals surface area contributed by atoms with Gasteiger partial charge in [-0.05, 0) is 49.2 Å². The van der Waals surface area contributed by atoms with Crippen molar-refractivity contribution in [3.8, 4) is 17.2 Å². The number of anilines is 1. The molecule has 32 heavy (non-hydrogen) atoms. The van der Waals surface area contributed by atoms with Gasteiger partial charge in [0, 0.05) is 22.7 Å². The van der Waals surface area contributed by atoms with Crippen molar-refractivity contribution < 1.29 is 4.42 Å². The number of hydrogen-bond donors (Lipinski definition) is 1. The molecule has 156 valence electrons. The van der Waals surface area contributed by atoms with E-state index >= 15 is 0 Å². The summed E-state index contributed by atoms with van der Waals surface area (Å²) >= 11 is 5.95. The molecule has 2 aromatic carbocycles. The first kappa shape index (κ1) is 20.0. The molecule has 1 N–H and O–H groups in total. The van der Waals surface area contributed by atoms with Crippen molar-refractivity contribution in [3.05, 3.63) is 88.8 Å². The highest BCUT2D eigenvalue weighted by molar-refractivity contribution is 6.29. The van der Waals surface area contributed by atoms with Crippen molar-refractivity contribution in [1.82, 2.24) is 9.97 Å². The second-order valence-corrected chi connectivity index (χ2v) is 8.13. The van der Waals surface area contributed by atoms with Crippen molar-refractivity contribution in [2.45, 2.75) is 19.9 Å². The Morgan fingerprint density at radius 1 is 1.06 bits per heavy atom. The molecule has 5 aromatic rings. The molecule has 0 saturated heterocycles. The Hall–Kier alpha value is -3.88. The zero-order chi connectivity index (χ0) is 22.2. The Labute approximate surface area is 190 Å². The van der Waals surface area contributed by atoms with Crippen molar-refractivity contribution >= 4 is 39.4 Å². The predicted molar refractivity (Wildman–Crippen MR) is 128 cm³/mol. The van der Waals surface area contributed by atoms with Crippen LogP contribution in [0.25, 0.3) is 33.2 Å². The Morgan fingerprint density at radius 2 is 1.88 bits per heavy atom. The number of nitrogens with zero attached hydrogens (tertiary/aromatic N) is 3. The van der Waals surface area contributed by atoms with E-state index in [1.807, 2.05) is 37.4 Å². The van der Waals surface area contributed by atoms with Crippen LogP contribution in [0.15, 0.2) is 71.3 Å². The number of pyridine rings is 2. The molecule has 0 unspecified atom stereocenters. The Morgan fingerprint density at radius 3 is 2.66 bits per heavy atom. The third kappa shape index (κ3) is 3.45. The van der Waals surface area contributed by atoms with E-state index in [4.69, 9.17) is 16.0 Å². The van der Waals surface area contributed by atoms with Gasteiger partial charge < -0.3 is 9.73 Å². The highest BCUT2D eigenvalue weighted by Crippen LogP contribution is 2.38. The zero-order valence-electron chi connectivity index (χ0n) is 17.6. The van der Waals surface area contributed by atoms with Crippen molar-refractivity contribution in [1.29, 1.82) is 5.26 Å². The molecule has 0 amide bonds. The molecule has 0 saturated carbocycles. The molecule has 5 nitrogen and oxygen atoms in total. The van der Waals surface area contributed by atoms with Crippen LogP contribution in [-0.4, -0.2) is 9.97 Å². The first-order valence-electron chi connectivity index (χ1n) is 10.3. The molecule has 3 aromatic heterocycles. The van der Waals surface area contributed by atoms with Gasteiger partial charge in [-0.3, -0.25) is 4.98 Å². The summed E-state index contributed by atoms with van der Waals surface area (Å²) in [6, 6.07) is 21.7. The van der Waals surface area contributed by atoms with Gasteiger partial charge in [0.15, 0.2) is 11.3 Å². The van der Waals surface area contributed by atoms with Gasteiger partial charge >= 0.3 is 0 Å². The van der Waals surface area contributed by atoms with E-state index in [2.05, 4.69) is 52.5 Å². The molecule has 1 atom stereocenters. The predicted octanol–water partition coefficient (Wildman–Crippen LogP) is 7.05. The molecule has 0 aliphatic heterocycles. The number of nitriles is 1. The minimum absolute atomic E-state index is 0.145. The number of aryl methyl sites for hydroxylation is 1. The third-order valence-corrected chi connectivity index (χ3v) is 5.73.